The minimum Gasteiger partial charge on any atom is -0.271 e. The summed E-state index contributed by atoms with van der Waals surface area (Å²) in [5, 5.41) is 0. The monoisotopic (exact) mass is 297 g/mol. The lowest BCUT2D eigenvalue weighted by Gasteiger charge is -2.32. The number of hydrogen-bond acceptors (Lipinski definition) is 3. The Kier molecular flexibility index (Phi) is 4.54. The molecule has 0 bridgehead atoms. The molecule has 94 valence electrons. The number of halogens is 1. The fourth-order valence-corrected chi connectivity index (χ4v) is 3.35. The highest BCUT2D eigenvalue weighted by Crippen LogP contribution is 2.37. The van der Waals surface area contributed by atoms with Crippen molar-refractivity contribution in [2.24, 2.45) is 17.7 Å². The van der Waals surface area contributed by atoms with Crippen LogP contribution in [0.1, 0.15) is 44.3 Å². The summed E-state index contributed by atoms with van der Waals surface area (Å²) in [7, 11) is 0. The predicted octanol–water partition coefficient (Wildman–Crippen LogP) is 3.17. The number of rotatable bonds is 3. The number of hydrogen-bond donors (Lipinski definition) is 2. The lowest BCUT2D eigenvalue weighted by molar-refractivity contribution is 0.221. The molecule has 0 aromatic carbocycles. The lowest BCUT2D eigenvalue weighted by Crippen LogP contribution is -2.36. The second kappa shape index (κ2) is 5.94. The zero-order valence-electron chi connectivity index (χ0n) is 10.2. The molecular weight excluding hydrogens is 278 g/mol. The molecule has 17 heavy (non-hydrogen) atoms. The smallest absolute Gasteiger partial charge is 0.0731 e. The van der Waals surface area contributed by atoms with E-state index in [1.807, 2.05) is 18.3 Å². The molecule has 1 aliphatic carbocycles. The Hall–Kier alpha value is -0.450. The maximum atomic E-state index is 5.74. The molecule has 2 rings (SSSR count). The van der Waals surface area contributed by atoms with Gasteiger partial charge in [0.25, 0.3) is 0 Å². The molecule has 1 fully saturated rings. The van der Waals surface area contributed by atoms with Gasteiger partial charge in [-0.1, -0.05) is 19.8 Å². The molecule has 3 nitrogen and oxygen atoms in total. The van der Waals surface area contributed by atoms with Crippen molar-refractivity contribution in [1.29, 1.82) is 0 Å². The van der Waals surface area contributed by atoms with Gasteiger partial charge in [0.15, 0.2) is 0 Å². The highest BCUT2D eigenvalue weighted by molar-refractivity contribution is 9.10. The van der Waals surface area contributed by atoms with E-state index in [1.54, 1.807) is 0 Å². The third-order valence-electron chi connectivity index (χ3n) is 3.71. The summed E-state index contributed by atoms with van der Waals surface area (Å²) in [6, 6.07) is 4.12. The van der Waals surface area contributed by atoms with Crippen molar-refractivity contribution in [3.05, 3.63) is 28.5 Å². The van der Waals surface area contributed by atoms with Crippen LogP contribution >= 0.6 is 15.9 Å². The summed E-state index contributed by atoms with van der Waals surface area (Å²) in [5.41, 5.74) is 3.99. The third-order valence-corrected chi connectivity index (χ3v) is 4.38. The van der Waals surface area contributed by atoms with Gasteiger partial charge in [0.05, 0.1) is 11.7 Å². The first kappa shape index (κ1) is 13.0. The minimum atomic E-state index is 0.160. The highest BCUT2D eigenvalue weighted by Gasteiger charge is 2.28. The second-order valence-corrected chi connectivity index (χ2v) is 5.90. The van der Waals surface area contributed by atoms with Crippen molar-refractivity contribution in [2.45, 2.75) is 38.6 Å². The molecule has 0 saturated heterocycles. The quantitative estimate of drug-likeness (QED) is 0.665. The van der Waals surface area contributed by atoms with E-state index < -0.39 is 0 Å². The molecule has 0 amide bonds. The van der Waals surface area contributed by atoms with Crippen LogP contribution in [0.5, 0.6) is 0 Å². The van der Waals surface area contributed by atoms with Gasteiger partial charge in [0, 0.05) is 10.7 Å². The van der Waals surface area contributed by atoms with Gasteiger partial charge in [-0.15, -0.1) is 0 Å². The first-order valence-corrected chi connectivity index (χ1v) is 7.08. The van der Waals surface area contributed by atoms with Crippen LogP contribution in [-0.2, 0) is 0 Å². The van der Waals surface area contributed by atoms with E-state index in [4.69, 9.17) is 5.84 Å². The van der Waals surface area contributed by atoms with Crippen LogP contribution in [0, 0.1) is 11.8 Å². The summed E-state index contributed by atoms with van der Waals surface area (Å²) in [6.45, 7) is 2.33. The Bertz CT molecular complexity index is 369. The molecule has 3 unspecified atom stereocenters. The number of pyridine rings is 1. The third kappa shape index (κ3) is 3.06. The van der Waals surface area contributed by atoms with Gasteiger partial charge in [-0.05, 0) is 52.7 Å². The Morgan fingerprint density at radius 1 is 1.53 bits per heavy atom. The summed E-state index contributed by atoms with van der Waals surface area (Å²) in [5.74, 6) is 7.13. The standard InChI is InChI=1S/C13H20BrN3/c1-9-4-2-5-10(8-9)12(17-15)13-11(14)6-3-7-16-13/h3,6-7,9-10,12,17H,2,4-5,8,15H2,1H3. The Labute approximate surface area is 111 Å². The van der Waals surface area contributed by atoms with E-state index in [1.165, 1.54) is 25.7 Å². The largest absolute Gasteiger partial charge is 0.271 e. The van der Waals surface area contributed by atoms with Crippen molar-refractivity contribution in [3.63, 3.8) is 0 Å². The van der Waals surface area contributed by atoms with Crippen molar-refractivity contribution in [2.75, 3.05) is 0 Å². The van der Waals surface area contributed by atoms with Crippen molar-refractivity contribution in [1.82, 2.24) is 10.4 Å². The molecule has 4 heteroatoms. The zero-order valence-corrected chi connectivity index (χ0v) is 11.8. The topological polar surface area (TPSA) is 50.9 Å². The first-order valence-electron chi connectivity index (χ1n) is 6.29. The summed E-state index contributed by atoms with van der Waals surface area (Å²) < 4.78 is 1.04. The molecule has 0 spiro atoms. The number of nitrogens with zero attached hydrogens (tertiary/aromatic N) is 1. The predicted molar refractivity (Wildman–Crippen MR) is 73.1 cm³/mol. The van der Waals surface area contributed by atoms with Gasteiger partial charge in [-0.25, -0.2) is 0 Å². The van der Waals surface area contributed by atoms with Gasteiger partial charge in [0.2, 0.25) is 0 Å². The average molecular weight is 298 g/mol. The molecule has 1 aromatic heterocycles. The van der Waals surface area contributed by atoms with Crippen LogP contribution in [0.25, 0.3) is 0 Å². The fourth-order valence-electron chi connectivity index (χ4n) is 2.85. The lowest BCUT2D eigenvalue weighted by atomic mass is 9.78. The Morgan fingerprint density at radius 3 is 3.00 bits per heavy atom. The number of aromatic nitrogens is 1. The number of nitrogens with one attached hydrogen (secondary N) is 1. The van der Waals surface area contributed by atoms with Crippen LogP contribution in [0.2, 0.25) is 0 Å². The summed E-state index contributed by atoms with van der Waals surface area (Å²) >= 11 is 3.56. The summed E-state index contributed by atoms with van der Waals surface area (Å²) in [4.78, 5) is 4.46. The maximum absolute atomic E-state index is 5.74. The first-order chi connectivity index (χ1) is 8.22. The molecule has 1 heterocycles. The SMILES string of the molecule is CC1CCCC(C(NN)c2ncccc2Br)C1. The van der Waals surface area contributed by atoms with E-state index in [9.17, 15) is 0 Å². The fraction of sp³-hybridized carbons (Fsp3) is 0.615. The van der Waals surface area contributed by atoms with Crippen LogP contribution in [0.4, 0.5) is 0 Å². The van der Waals surface area contributed by atoms with E-state index in [0.717, 1.165) is 16.1 Å². The zero-order chi connectivity index (χ0) is 12.3. The van der Waals surface area contributed by atoms with E-state index in [0.29, 0.717) is 5.92 Å². The normalized spacial score (nSPS) is 26.8. The van der Waals surface area contributed by atoms with Crippen LogP contribution in [0.15, 0.2) is 22.8 Å². The molecule has 3 atom stereocenters. The number of nitrogens with two attached hydrogens (primary N) is 1. The van der Waals surface area contributed by atoms with Crippen LogP contribution < -0.4 is 11.3 Å². The molecular formula is C13H20BrN3. The van der Waals surface area contributed by atoms with Gasteiger partial charge in [-0.2, -0.15) is 0 Å². The number of hydrazine groups is 1. The molecule has 0 radical (unpaired) electrons. The molecule has 0 aliphatic heterocycles. The van der Waals surface area contributed by atoms with Crippen molar-refractivity contribution >= 4 is 15.9 Å². The Morgan fingerprint density at radius 2 is 2.35 bits per heavy atom. The van der Waals surface area contributed by atoms with Crippen LogP contribution in [0.3, 0.4) is 0 Å². The van der Waals surface area contributed by atoms with Gasteiger partial charge in [-0.3, -0.25) is 16.3 Å². The van der Waals surface area contributed by atoms with Crippen LogP contribution in [-0.4, -0.2) is 4.98 Å². The van der Waals surface area contributed by atoms with E-state index >= 15 is 0 Å². The molecule has 1 aliphatic rings. The van der Waals surface area contributed by atoms with Gasteiger partial charge in [0.1, 0.15) is 0 Å². The van der Waals surface area contributed by atoms with Crippen molar-refractivity contribution in [3.8, 4) is 0 Å². The minimum absolute atomic E-state index is 0.160. The molecule has 1 aromatic rings. The average Bonchev–Trinajstić information content (AvgIpc) is 2.33. The highest BCUT2D eigenvalue weighted by atomic mass is 79.9. The molecule has 3 N–H and O–H groups in total. The van der Waals surface area contributed by atoms with Gasteiger partial charge < -0.3 is 0 Å². The van der Waals surface area contributed by atoms with Crippen molar-refractivity contribution < 1.29 is 0 Å². The molecule has 1 saturated carbocycles. The summed E-state index contributed by atoms with van der Waals surface area (Å²) in [6.07, 6.45) is 6.95. The Balaban J connectivity index is 2.18. The maximum Gasteiger partial charge on any atom is 0.0731 e. The van der Waals surface area contributed by atoms with Gasteiger partial charge >= 0.3 is 0 Å². The second-order valence-electron chi connectivity index (χ2n) is 5.05. The van der Waals surface area contributed by atoms with E-state index in [-0.39, 0.29) is 6.04 Å². The van der Waals surface area contributed by atoms with E-state index in [2.05, 4.69) is 33.3 Å².